The fraction of sp³-hybridized carbons (Fsp3) is 0.538. The Hall–Kier alpha value is -1.58. The lowest BCUT2D eigenvalue weighted by Gasteiger charge is -2.23. The lowest BCUT2D eigenvalue weighted by Crippen LogP contribution is -2.29. The van der Waals surface area contributed by atoms with Gasteiger partial charge in [0.1, 0.15) is 5.82 Å². The molecule has 92 valence electrons. The van der Waals surface area contributed by atoms with Gasteiger partial charge in [0.05, 0.1) is 6.42 Å². The molecule has 0 aliphatic heterocycles. The SMILES string of the molecule is Cc1cc(C)nc(N(CCC(=O)O)C2CC2)c1. The number of hydrogen-bond acceptors (Lipinski definition) is 3. The van der Waals surface area contributed by atoms with Gasteiger partial charge in [-0.2, -0.15) is 0 Å². The zero-order valence-electron chi connectivity index (χ0n) is 10.3. The van der Waals surface area contributed by atoms with Crippen molar-refractivity contribution in [2.24, 2.45) is 0 Å². The summed E-state index contributed by atoms with van der Waals surface area (Å²) in [4.78, 5) is 17.3. The molecule has 1 saturated carbocycles. The maximum Gasteiger partial charge on any atom is 0.305 e. The fourth-order valence-corrected chi connectivity index (χ4v) is 2.05. The summed E-state index contributed by atoms with van der Waals surface area (Å²) in [6.07, 6.45) is 2.47. The first kappa shape index (κ1) is 11.9. The molecule has 0 unspecified atom stereocenters. The van der Waals surface area contributed by atoms with Crippen molar-refractivity contribution in [3.05, 3.63) is 23.4 Å². The molecule has 0 radical (unpaired) electrons. The monoisotopic (exact) mass is 234 g/mol. The van der Waals surface area contributed by atoms with Crippen LogP contribution in [0, 0.1) is 13.8 Å². The quantitative estimate of drug-likeness (QED) is 0.848. The summed E-state index contributed by atoms with van der Waals surface area (Å²) in [6, 6.07) is 4.56. The first-order chi connectivity index (χ1) is 8.06. The molecular weight excluding hydrogens is 216 g/mol. The molecule has 0 amide bonds. The Morgan fingerprint density at radius 2 is 2.18 bits per heavy atom. The third-order valence-electron chi connectivity index (χ3n) is 2.93. The smallest absolute Gasteiger partial charge is 0.305 e. The van der Waals surface area contributed by atoms with E-state index < -0.39 is 5.97 Å². The topological polar surface area (TPSA) is 53.4 Å². The molecule has 17 heavy (non-hydrogen) atoms. The summed E-state index contributed by atoms with van der Waals surface area (Å²) in [7, 11) is 0. The van der Waals surface area contributed by atoms with Gasteiger partial charge in [0.25, 0.3) is 0 Å². The number of aryl methyl sites for hydroxylation is 2. The molecule has 0 bridgehead atoms. The van der Waals surface area contributed by atoms with E-state index >= 15 is 0 Å². The van der Waals surface area contributed by atoms with Crippen LogP contribution >= 0.6 is 0 Å². The number of hydrogen-bond donors (Lipinski definition) is 1. The van der Waals surface area contributed by atoms with Crippen molar-refractivity contribution in [3.8, 4) is 0 Å². The molecule has 4 heteroatoms. The third kappa shape index (κ3) is 3.19. The Labute approximate surface area is 101 Å². The lowest BCUT2D eigenvalue weighted by molar-refractivity contribution is -0.136. The second-order valence-corrected chi connectivity index (χ2v) is 4.71. The molecule has 1 heterocycles. The molecule has 1 fully saturated rings. The van der Waals surface area contributed by atoms with Gasteiger partial charge in [-0.25, -0.2) is 4.98 Å². The van der Waals surface area contributed by atoms with E-state index in [1.807, 2.05) is 26.0 Å². The molecule has 0 spiro atoms. The zero-order chi connectivity index (χ0) is 12.4. The fourth-order valence-electron chi connectivity index (χ4n) is 2.05. The summed E-state index contributed by atoms with van der Waals surface area (Å²) in [5.74, 6) is 0.172. The van der Waals surface area contributed by atoms with E-state index in [4.69, 9.17) is 5.11 Å². The molecule has 0 aromatic carbocycles. The van der Waals surface area contributed by atoms with E-state index in [0.717, 1.165) is 24.4 Å². The van der Waals surface area contributed by atoms with Crippen LogP contribution in [0.4, 0.5) is 5.82 Å². The van der Waals surface area contributed by atoms with E-state index in [0.29, 0.717) is 12.6 Å². The van der Waals surface area contributed by atoms with Crippen molar-refractivity contribution in [2.75, 3.05) is 11.4 Å². The molecule has 1 aliphatic rings. The van der Waals surface area contributed by atoms with Gasteiger partial charge in [-0.1, -0.05) is 0 Å². The standard InChI is InChI=1S/C13H18N2O2/c1-9-7-10(2)14-12(8-9)15(11-3-4-11)6-5-13(16)17/h7-8,11H,3-6H2,1-2H3,(H,16,17). The van der Waals surface area contributed by atoms with E-state index in [2.05, 4.69) is 9.88 Å². The van der Waals surface area contributed by atoms with E-state index in [1.54, 1.807) is 0 Å². The third-order valence-corrected chi connectivity index (χ3v) is 2.93. The van der Waals surface area contributed by atoms with Gasteiger partial charge in [-0.15, -0.1) is 0 Å². The Kier molecular flexibility index (Phi) is 3.31. The summed E-state index contributed by atoms with van der Waals surface area (Å²) in [5, 5.41) is 8.77. The van der Waals surface area contributed by atoms with Crippen molar-refractivity contribution in [1.29, 1.82) is 0 Å². The minimum Gasteiger partial charge on any atom is -0.481 e. The number of carboxylic acids is 1. The van der Waals surface area contributed by atoms with Gasteiger partial charge in [-0.3, -0.25) is 4.79 Å². The van der Waals surface area contributed by atoms with Crippen molar-refractivity contribution in [2.45, 2.75) is 39.2 Å². The number of aliphatic carboxylic acids is 1. The number of carbonyl (C=O) groups is 1. The molecule has 1 N–H and O–H groups in total. The van der Waals surface area contributed by atoms with Crippen LogP contribution in [0.1, 0.15) is 30.5 Å². The van der Waals surface area contributed by atoms with Gasteiger partial charge in [0, 0.05) is 18.3 Å². The summed E-state index contributed by atoms with van der Waals surface area (Å²) < 4.78 is 0. The number of rotatable bonds is 5. The molecular formula is C13H18N2O2. The summed E-state index contributed by atoms with van der Waals surface area (Å²) in [5.41, 5.74) is 2.16. The maximum atomic E-state index is 10.7. The van der Waals surface area contributed by atoms with Crippen molar-refractivity contribution in [1.82, 2.24) is 4.98 Å². The zero-order valence-corrected chi connectivity index (χ0v) is 10.3. The second-order valence-electron chi connectivity index (χ2n) is 4.71. The normalized spacial score (nSPS) is 14.7. The molecule has 1 aromatic rings. The lowest BCUT2D eigenvalue weighted by atomic mass is 10.2. The predicted molar refractivity (Wildman–Crippen MR) is 66.3 cm³/mol. The number of pyridine rings is 1. The van der Waals surface area contributed by atoms with Gasteiger partial charge >= 0.3 is 5.97 Å². The van der Waals surface area contributed by atoms with Gasteiger partial charge < -0.3 is 10.0 Å². The number of anilines is 1. The van der Waals surface area contributed by atoms with Gasteiger partial charge in [-0.05, 0) is 44.4 Å². The van der Waals surface area contributed by atoms with Crippen LogP contribution in [-0.4, -0.2) is 28.6 Å². The van der Waals surface area contributed by atoms with Crippen LogP contribution in [0.3, 0.4) is 0 Å². The Morgan fingerprint density at radius 3 is 2.71 bits per heavy atom. The highest BCUT2D eigenvalue weighted by Crippen LogP contribution is 2.31. The minimum atomic E-state index is -0.750. The largest absolute Gasteiger partial charge is 0.481 e. The first-order valence-corrected chi connectivity index (χ1v) is 6.00. The van der Waals surface area contributed by atoms with Crippen LogP contribution in [0.15, 0.2) is 12.1 Å². The molecule has 4 nitrogen and oxygen atoms in total. The summed E-state index contributed by atoms with van der Waals surface area (Å²) >= 11 is 0. The number of nitrogens with zero attached hydrogens (tertiary/aromatic N) is 2. The highest BCUT2D eigenvalue weighted by atomic mass is 16.4. The first-order valence-electron chi connectivity index (χ1n) is 6.00. The van der Waals surface area contributed by atoms with Crippen LogP contribution in [0.2, 0.25) is 0 Å². The van der Waals surface area contributed by atoms with Crippen molar-refractivity contribution >= 4 is 11.8 Å². The Balaban J connectivity index is 2.16. The molecule has 1 aliphatic carbocycles. The van der Waals surface area contributed by atoms with Crippen LogP contribution in [0.25, 0.3) is 0 Å². The number of aromatic nitrogens is 1. The predicted octanol–water partition coefficient (Wildman–Crippen LogP) is 2.14. The van der Waals surface area contributed by atoms with Crippen molar-refractivity contribution in [3.63, 3.8) is 0 Å². The minimum absolute atomic E-state index is 0.172. The van der Waals surface area contributed by atoms with E-state index in [1.165, 1.54) is 5.56 Å². The van der Waals surface area contributed by atoms with Gasteiger partial charge in [0.15, 0.2) is 0 Å². The van der Waals surface area contributed by atoms with E-state index in [9.17, 15) is 4.79 Å². The summed E-state index contributed by atoms with van der Waals surface area (Å²) in [6.45, 7) is 4.56. The van der Waals surface area contributed by atoms with Crippen molar-refractivity contribution < 1.29 is 9.90 Å². The Morgan fingerprint density at radius 1 is 1.47 bits per heavy atom. The average Bonchev–Trinajstić information content (AvgIpc) is 3.00. The average molecular weight is 234 g/mol. The number of carboxylic acid groups (broad SMARTS) is 1. The molecule has 1 aromatic heterocycles. The maximum absolute atomic E-state index is 10.7. The molecule has 2 rings (SSSR count). The van der Waals surface area contributed by atoms with Gasteiger partial charge in [0.2, 0.25) is 0 Å². The Bertz CT molecular complexity index is 407. The van der Waals surface area contributed by atoms with Crippen LogP contribution < -0.4 is 4.90 Å². The molecule has 0 saturated heterocycles. The highest BCUT2D eigenvalue weighted by molar-refractivity contribution is 5.67. The van der Waals surface area contributed by atoms with E-state index in [-0.39, 0.29) is 6.42 Å². The van der Waals surface area contributed by atoms with Crippen LogP contribution in [0.5, 0.6) is 0 Å². The van der Waals surface area contributed by atoms with Crippen LogP contribution in [-0.2, 0) is 4.79 Å². The highest BCUT2D eigenvalue weighted by Gasteiger charge is 2.30. The molecule has 0 atom stereocenters. The second kappa shape index (κ2) is 4.73.